The fourth-order valence-electron chi connectivity index (χ4n) is 2.24. The maximum Gasteiger partial charge on any atom is 0.251 e. The number of carbonyl (C=O) groups excluding carboxylic acids is 1. The Bertz CT molecular complexity index is 719. The molecule has 128 valence electrons. The van der Waals surface area contributed by atoms with Gasteiger partial charge >= 0.3 is 0 Å². The number of benzene rings is 1. The van der Waals surface area contributed by atoms with Crippen molar-refractivity contribution in [3.63, 3.8) is 0 Å². The number of nitrogens with two attached hydrogens (primary N) is 1. The third-order valence-electron chi connectivity index (χ3n) is 3.51. The lowest BCUT2D eigenvalue weighted by molar-refractivity contribution is 0.0950. The molecule has 24 heavy (non-hydrogen) atoms. The molecule has 0 unspecified atom stereocenters. The van der Waals surface area contributed by atoms with Crippen molar-refractivity contribution < 1.29 is 19.0 Å². The van der Waals surface area contributed by atoms with Gasteiger partial charge < -0.3 is 25.3 Å². The van der Waals surface area contributed by atoms with Crippen LogP contribution in [0.4, 0.5) is 0 Å². The zero-order valence-corrected chi connectivity index (χ0v) is 14.0. The van der Waals surface area contributed by atoms with Crippen LogP contribution in [-0.2, 0) is 13.1 Å². The third kappa shape index (κ3) is 3.94. The number of methoxy groups -OCH3 is 3. The van der Waals surface area contributed by atoms with Crippen molar-refractivity contribution in [3.05, 3.63) is 47.3 Å². The van der Waals surface area contributed by atoms with Gasteiger partial charge in [-0.1, -0.05) is 0 Å². The Morgan fingerprint density at radius 3 is 2.38 bits per heavy atom. The van der Waals surface area contributed by atoms with Crippen LogP contribution in [0.2, 0.25) is 0 Å². The van der Waals surface area contributed by atoms with E-state index in [1.165, 1.54) is 0 Å². The topological polar surface area (TPSA) is 95.7 Å². The molecule has 0 aliphatic rings. The second-order valence-corrected chi connectivity index (χ2v) is 4.94. The maximum absolute atomic E-state index is 12.3. The Morgan fingerprint density at radius 1 is 1.08 bits per heavy atom. The molecule has 2 rings (SSSR count). The number of hydrogen-bond acceptors (Lipinski definition) is 6. The first-order valence-corrected chi connectivity index (χ1v) is 7.35. The van der Waals surface area contributed by atoms with Crippen molar-refractivity contribution in [2.24, 2.45) is 5.73 Å². The van der Waals surface area contributed by atoms with Gasteiger partial charge in [-0.25, -0.2) is 0 Å². The second-order valence-electron chi connectivity index (χ2n) is 4.94. The normalized spacial score (nSPS) is 10.2. The Labute approximate surface area is 140 Å². The summed E-state index contributed by atoms with van der Waals surface area (Å²) in [6.45, 7) is 0.563. The number of aromatic nitrogens is 1. The minimum Gasteiger partial charge on any atom is -0.496 e. The number of nitrogens with one attached hydrogen (secondary N) is 1. The van der Waals surface area contributed by atoms with Crippen molar-refractivity contribution in [2.45, 2.75) is 13.1 Å². The predicted molar refractivity (Wildman–Crippen MR) is 89.4 cm³/mol. The minimum atomic E-state index is -0.219. The number of pyridine rings is 1. The van der Waals surface area contributed by atoms with Gasteiger partial charge in [0.1, 0.15) is 5.75 Å². The molecule has 0 radical (unpaired) electrons. The highest BCUT2D eigenvalue weighted by Gasteiger charge is 2.13. The summed E-state index contributed by atoms with van der Waals surface area (Å²) >= 11 is 0. The number of amides is 1. The van der Waals surface area contributed by atoms with Gasteiger partial charge in [0.15, 0.2) is 11.5 Å². The Balaban J connectivity index is 2.17. The molecule has 0 saturated carbocycles. The van der Waals surface area contributed by atoms with Crippen LogP contribution in [-0.4, -0.2) is 32.2 Å². The van der Waals surface area contributed by atoms with E-state index in [4.69, 9.17) is 19.9 Å². The standard InChI is InChI=1S/C17H21N3O4/c1-22-14-8-16(24-3)15(23-2)7-12(14)10-20-17(21)11-4-5-19-13(6-11)9-18/h4-8H,9-10,18H2,1-3H3,(H,20,21). The molecule has 0 spiro atoms. The highest BCUT2D eigenvalue weighted by atomic mass is 16.5. The maximum atomic E-state index is 12.3. The van der Waals surface area contributed by atoms with Gasteiger partial charge in [-0.05, 0) is 18.2 Å². The summed E-state index contributed by atoms with van der Waals surface area (Å²) in [5.41, 5.74) is 7.48. The van der Waals surface area contributed by atoms with Gasteiger partial charge in [0.05, 0.1) is 27.0 Å². The summed E-state index contributed by atoms with van der Waals surface area (Å²) < 4.78 is 15.9. The molecule has 7 heteroatoms. The first-order valence-electron chi connectivity index (χ1n) is 7.35. The second kappa shape index (κ2) is 8.16. The molecule has 0 aliphatic heterocycles. The molecule has 0 aliphatic carbocycles. The van der Waals surface area contributed by atoms with Gasteiger partial charge in [0.2, 0.25) is 0 Å². The monoisotopic (exact) mass is 331 g/mol. The number of rotatable bonds is 7. The van der Waals surface area contributed by atoms with Crippen LogP contribution in [0.5, 0.6) is 17.2 Å². The fourth-order valence-corrected chi connectivity index (χ4v) is 2.24. The van der Waals surface area contributed by atoms with Gasteiger partial charge in [-0.2, -0.15) is 0 Å². The van der Waals surface area contributed by atoms with Crippen LogP contribution >= 0.6 is 0 Å². The van der Waals surface area contributed by atoms with E-state index in [0.29, 0.717) is 28.5 Å². The van der Waals surface area contributed by atoms with Crippen LogP contribution in [0.3, 0.4) is 0 Å². The van der Waals surface area contributed by atoms with E-state index in [1.807, 2.05) is 0 Å². The van der Waals surface area contributed by atoms with Crippen molar-refractivity contribution in [2.75, 3.05) is 21.3 Å². The quantitative estimate of drug-likeness (QED) is 0.798. The van der Waals surface area contributed by atoms with E-state index < -0.39 is 0 Å². The summed E-state index contributed by atoms with van der Waals surface area (Å²) in [6.07, 6.45) is 1.56. The van der Waals surface area contributed by atoms with E-state index in [2.05, 4.69) is 10.3 Å². The summed E-state index contributed by atoms with van der Waals surface area (Å²) in [6, 6.07) is 6.80. The molecule has 1 aromatic heterocycles. The zero-order valence-electron chi connectivity index (χ0n) is 14.0. The van der Waals surface area contributed by atoms with Crippen molar-refractivity contribution in [3.8, 4) is 17.2 Å². The molecule has 2 aromatic rings. The average molecular weight is 331 g/mol. The molecule has 0 bridgehead atoms. The van der Waals surface area contributed by atoms with Gasteiger partial charge in [0.25, 0.3) is 5.91 Å². The van der Waals surface area contributed by atoms with E-state index in [9.17, 15) is 4.79 Å². The van der Waals surface area contributed by atoms with Crippen molar-refractivity contribution in [1.82, 2.24) is 10.3 Å². The lowest BCUT2D eigenvalue weighted by Gasteiger charge is -2.14. The van der Waals surface area contributed by atoms with Crippen LogP contribution in [0.25, 0.3) is 0 Å². The van der Waals surface area contributed by atoms with Crippen LogP contribution in [0.1, 0.15) is 21.6 Å². The number of ether oxygens (including phenoxy) is 3. The molecule has 7 nitrogen and oxygen atoms in total. The molecule has 1 heterocycles. The smallest absolute Gasteiger partial charge is 0.251 e. The highest BCUT2D eigenvalue weighted by molar-refractivity contribution is 5.94. The Hall–Kier alpha value is -2.80. The summed E-state index contributed by atoms with van der Waals surface area (Å²) in [5, 5.41) is 2.85. The number of nitrogens with zero attached hydrogens (tertiary/aromatic N) is 1. The predicted octanol–water partition coefficient (Wildman–Crippen LogP) is 1.50. The molecular formula is C17H21N3O4. The molecule has 1 aromatic carbocycles. The molecule has 0 atom stereocenters. The van der Waals surface area contributed by atoms with Crippen LogP contribution < -0.4 is 25.3 Å². The average Bonchev–Trinajstić information content (AvgIpc) is 2.65. The van der Waals surface area contributed by atoms with Crippen LogP contribution in [0, 0.1) is 0 Å². The molecule has 0 fully saturated rings. The highest BCUT2D eigenvalue weighted by Crippen LogP contribution is 2.34. The number of carbonyl (C=O) groups is 1. The van der Waals surface area contributed by atoms with Crippen molar-refractivity contribution >= 4 is 5.91 Å². The number of hydrogen-bond donors (Lipinski definition) is 2. The van der Waals surface area contributed by atoms with Gasteiger partial charge in [-0.15, -0.1) is 0 Å². The largest absolute Gasteiger partial charge is 0.496 e. The SMILES string of the molecule is COc1cc(OC)c(OC)cc1CNC(=O)c1ccnc(CN)c1. The summed E-state index contributed by atoms with van der Waals surface area (Å²) in [7, 11) is 4.66. The van der Waals surface area contributed by atoms with E-state index in [0.717, 1.165) is 5.56 Å². The Kier molecular flexibility index (Phi) is 5.97. The Morgan fingerprint density at radius 2 is 1.75 bits per heavy atom. The zero-order chi connectivity index (χ0) is 17.5. The van der Waals surface area contributed by atoms with Gasteiger partial charge in [-0.3, -0.25) is 9.78 Å². The lowest BCUT2D eigenvalue weighted by atomic mass is 10.1. The first kappa shape index (κ1) is 17.6. The molecular weight excluding hydrogens is 310 g/mol. The lowest BCUT2D eigenvalue weighted by Crippen LogP contribution is -2.23. The summed E-state index contributed by atoms with van der Waals surface area (Å²) in [4.78, 5) is 16.4. The minimum absolute atomic E-state index is 0.219. The van der Waals surface area contributed by atoms with Gasteiger partial charge in [0, 0.05) is 36.5 Å². The fraction of sp³-hybridized carbons (Fsp3) is 0.294. The first-order chi connectivity index (χ1) is 11.6. The van der Waals surface area contributed by atoms with E-state index in [1.54, 1.807) is 51.8 Å². The molecule has 3 N–H and O–H groups in total. The van der Waals surface area contributed by atoms with E-state index >= 15 is 0 Å². The van der Waals surface area contributed by atoms with E-state index in [-0.39, 0.29) is 19.0 Å². The summed E-state index contributed by atoms with van der Waals surface area (Å²) in [5.74, 6) is 1.51. The third-order valence-corrected chi connectivity index (χ3v) is 3.51. The molecule has 0 saturated heterocycles. The van der Waals surface area contributed by atoms with Crippen LogP contribution in [0.15, 0.2) is 30.5 Å². The van der Waals surface area contributed by atoms with Crippen molar-refractivity contribution in [1.29, 1.82) is 0 Å². The molecule has 1 amide bonds.